The highest BCUT2D eigenvalue weighted by molar-refractivity contribution is 7.89. The lowest BCUT2D eigenvalue weighted by molar-refractivity contribution is -0.117. The molecule has 2 aromatic carbocycles. The summed E-state index contributed by atoms with van der Waals surface area (Å²) in [6.45, 7) is 4.24. The van der Waals surface area contributed by atoms with Gasteiger partial charge in [0.1, 0.15) is 0 Å². The van der Waals surface area contributed by atoms with Crippen molar-refractivity contribution in [1.82, 2.24) is 14.9 Å². The van der Waals surface area contributed by atoms with E-state index in [1.165, 1.54) is 18.2 Å². The molecule has 1 atom stereocenters. The number of ether oxygens (including phenoxy) is 2. The maximum atomic E-state index is 13.6. The Morgan fingerprint density at radius 2 is 1.82 bits per heavy atom. The smallest absolute Gasteiger partial charge is 0.251 e. The Morgan fingerprint density at radius 3 is 2.42 bits per heavy atom. The molecule has 1 spiro atoms. The summed E-state index contributed by atoms with van der Waals surface area (Å²) in [6, 6.07) is 11.6. The molecule has 2 aromatic rings. The van der Waals surface area contributed by atoms with Gasteiger partial charge in [0.15, 0.2) is 11.5 Å². The lowest BCUT2D eigenvalue weighted by Crippen LogP contribution is -2.63. The number of hydrogen-bond acceptors (Lipinski definition) is 6. The normalized spacial score (nSPS) is 18.7. The van der Waals surface area contributed by atoms with Crippen LogP contribution in [0.25, 0.3) is 0 Å². The van der Waals surface area contributed by atoms with Crippen molar-refractivity contribution in [3.05, 3.63) is 66.2 Å². The molecule has 1 aliphatic heterocycles. The Labute approximate surface area is 224 Å². The predicted octanol–water partition coefficient (Wildman–Crippen LogP) is 3.05. The molecule has 204 valence electrons. The van der Waals surface area contributed by atoms with Crippen molar-refractivity contribution < 1.29 is 27.5 Å². The van der Waals surface area contributed by atoms with Gasteiger partial charge in [-0.05, 0) is 86.6 Å². The summed E-state index contributed by atoms with van der Waals surface area (Å²) in [5.41, 5.74) is 0.902. The molecule has 2 amide bonds. The molecule has 2 aliphatic rings. The molecule has 1 unspecified atom stereocenters. The predicted molar refractivity (Wildman–Crippen MR) is 144 cm³/mol. The zero-order valence-electron chi connectivity index (χ0n) is 21.9. The average Bonchev–Trinajstić information content (AvgIpc) is 2.91. The summed E-state index contributed by atoms with van der Waals surface area (Å²) in [7, 11) is -0.598. The third-order valence-corrected chi connectivity index (χ3v) is 9.52. The summed E-state index contributed by atoms with van der Waals surface area (Å²) in [5.74, 6) is 0.756. The molecule has 1 saturated heterocycles. The number of methoxy groups -OCH3 is 2. The van der Waals surface area contributed by atoms with Gasteiger partial charge in [-0.3, -0.25) is 9.59 Å². The number of benzene rings is 2. The fraction of sp³-hybridized carbons (Fsp3) is 0.429. The summed E-state index contributed by atoms with van der Waals surface area (Å²) in [6.07, 6.45) is 5.47. The van der Waals surface area contributed by atoms with Crippen molar-refractivity contribution in [2.75, 3.05) is 27.3 Å². The van der Waals surface area contributed by atoms with Crippen molar-refractivity contribution in [3.63, 3.8) is 0 Å². The van der Waals surface area contributed by atoms with Crippen molar-refractivity contribution >= 4 is 21.8 Å². The average molecular weight is 542 g/mol. The lowest BCUT2D eigenvalue weighted by Gasteiger charge is -2.54. The van der Waals surface area contributed by atoms with E-state index in [0.717, 1.165) is 24.8 Å². The molecule has 1 saturated carbocycles. The largest absolute Gasteiger partial charge is 0.493 e. The van der Waals surface area contributed by atoms with E-state index in [-0.39, 0.29) is 22.8 Å². The number of amides is 2. The third-order valence-electron chi connectivity index (χ3n) is 7.50. The monoisotopic (exact) mass is 541 g/mol. The number of carbonyl (C=O) groups excluding carboxylic acids is 2. The number of sulfonamides is 1. The number of piperidine rings is 1. The Morgan fingerprint density at radius 1 is 1.11 bits per heavy atom. The fourth-order valence-corrected chi connectivity index (χ4v) is 7.18. The van der Waals surface area contributed by atoms with Crippen LogP contribution in [0.2, 0.25) is 0 Å². The first kappa shape index (κ1) is 27.7. The Hall–Kier alpha value is -3.37. The highest BCUT2D eigenvalue weighted by atomic mass is 32.2. The second kappa shape index (κ2) is 11.6. The zero-order chi connectivity index (χ0) is 27.3. The topological polar surface area (TPSA) is 114 Å². The Balaban J connectivity index is 1.38. The molecule has 38 heavy (non-hydrogen) atoms. The van der Waals surface area contributed by atoms with Crippen LogP contribution in [0.1, 0.15) is 48.0 Å². The van der Waals surface area contributed by atoms with Gasteiger partial charge < -0.3 is 20.1 Å². The quantitative estimate of drug-likeness (QED) is 0.447. The number of rotatable bonds is 10. The first-order chi connectivity index (χ1) is 18.2. The van der Waals surface area contributed by atoms with Gasteiger partial charge in [0.25, 0.3) is 5.91 Å². The fourth-order valence-electron chi connectivity index (χ4n) is 5.33. The van der Waals surface area contributed by atoms with Gasteiger partial charge >= 0.3 is 0 Å². The first-order valence-electron chi connectivity index (χ1n) is 12.8. The molecule has 0 aromatic heterocycles. The molecule has 1 aliphatic carbocycles. The maximum Gasteiger partial charge on any atom is 0.251 e. The molecule has 4 rings (SSSR count). The molecule has 2 N–H and O–H groups in total. The van der Waals surface area contributed by atoms with Gasteiger partial charge in [0.2, 0.25) is 15.9 Å². The van der Waals surface area contributed by atoms with Crippen molar-refractivity contribution in [3.8, 4) is 11.5 Å². The molecule has 10 heteroatoms. The van der Waals surface area contributed by atoms with E-state index in [2.05, 4.69) is 17.2 Å². The van der Waals surface area contributed by atoms with Crippen LogP contribution < -0.4 is 20.1 Å². The van der Waals surface area contributed by atoms with Crippen LogP contribution in [0, 0.1) is 0 Å². The van der Waals surface area contributed by atoms with Crippen LogP contribution in [0.5, 0.6) is 11.5 Å². The standard InChI is InChI=1S/C28H35N3O6S/c1-4-26(32)30-22-13-17-31(28(19-22)14-5-15-28)38(34,35)23-9-7-21(8-10-23)27(33)29-16-12-20-6-11-24(36-2)25(18-20)37-3/h4,6-11,18,22H,1,5,12-17,19H2,2-3H3,(H,29,33)(H,30,32). The van der Waals surface area contributed by atoms with E-state index in [4.69, 9.17) is 9.47 Å². The molecule has 1 heterocycles. The highest BCUT2D eigenvalue weighted by Gasteiger charge is 2.51. The molecule has 2 fully saturated rings. The van der Waals surface area contributed by atoms with E-state index < -0.39 is 15.6 Å². The molecule has 0 bridgehead atoms. The van der Waals surface area contributed by atoms with Gasteiger partial charge in [0.05, 0.1) is 19.1 Å². The second-order valence-corrected chi connectivity index (χ2v) is 11.6. The van der Waals surface area contributed by atoms with E-state index in [9.17, 15) is 18.0 Å². The highest BCUT2D eigenvalue weighted by Crippen LogP contribution is 2.47. The number of hydrogen-bond donors (Lipinski definition) is 2. The minimum Gasteiger partial charge on any atom is -0.493 e. The summed E-state index contributed by atoms with van der Waals surface area (Å²) in [4.78, 5) is 24.6. The van der Waals surface area contributed by atoms with Crippen LogP contribution in [-0.4, -0.2) is 63.4 Å². The van der Waals surface area contributed by atoms with E-state index in [0.29, 0.717) is 49.4 Å². The Bertz CT molecular complexity index is 1290. The van der Waals surface area contributed by atoms with E-state index in [1.807, 2.05) is 18.2 Å². The lowest BCUT2D eigenvalue weighted by atomic mass is 9.70. The zero-order valence-corrected chi connectivity index (χ0v) is 22.7. The van der Waals surface area contributed by atoms with E-state index in [1.54, 1.807) is 30.7 Å². The van der Waals surface area contributed by atoms with Crippen LogP contribution in [0.3, 0.4) is 0 Å². The number of nitrogens with zero attached hydrogens (tertiary/aromatic N) is 1. The van der Waals surface area contributed by atoms with E-state index >= 15 is 0 Å². The van der Waals surface area contributed by atoms with Crippen LogP contribution in [0.15, 0.2) is 60.0 Å². The third kappa shape index (κ3) is 5.71. The summed E-state index contributed by atoms with van der Waals surface area (Å²) < 4.78 is 39.4. The van der Waals surface area contributed by atoms with Crippen LogP contribution in [-0.2, 0) is 21.2 Å². The van der Waals surface area contributed by atoms with Gasteiger partial charge in [-0.1, -0.05) is 12.6 Å². The maximum absolute atomic E-state index is 13.6. The minimum absolute atomic E-state index is 0.0719. The van der Waals surface area contributed by atoms with Gasteiger partial charge in [-0.2, -0.15) is 4.31 Å². The first-order valence-corrected chi connectivity index (χ1v) is 14.2. The molecular formula is C28H35N3O6S. The van der Waals surface area contributed by atoms with Crippen LogP contribution >= 0.6 is 0 Å². The minimum atomic E-state index is -3.75. The number of nitrogens with one attached hydrogen (secondary N) is 2. The Kier molecular flexibility index (Phi) is 8.42. The van der Waals surface area contributed by atoms with Crippen molar-refractivity contribution in [1.29, 1.82) is 0 Å². The van der Waals surface area contributed by atoms with Crippen molar-refractivity contribution in [2.24, 2.45) is 0 Å². The number of carbonyl (C=O) groups is 2. The van der Waals surface area contributed by atoms with Crippen molar-refractivity contribution in [2.45, 2.75) is 55.0 Å². The molecular weight excluding hydrogens is 506 g/mol. The SMILES string of the molecule is C=CC(=O)NC1CCN(S(=O)(=O)c2ccc(C(=O)NCCc3ccc(OC)c(OC)c3)cc2)C2(CCC2)C1. The van der Waals surface area contributed by atoms with Crippen LogP contribution in [0.4, 0.5) is 0 Å². The van der Waals surface area contributed by atoms with Gasteiger partial charge in [0, 0.05) is 30.2 Å². The molecule has 0 radical (unpaired) electrons. The second-order valence-electron chi connectivity index (χ2n) is 9.78. The summed E-state index contributed by atoms with van der Waals surface area (Å²) >= 11 is 0. The van der Waals surface area contributed by atoms with Gasteiger partial charge in [-0.15, -0.1) is 0 Å². The summed E-state index contributed by atoms with van der Waals surface area (Å²) in [5, 5.41) is 5.81. The van der Waals surface area contributed by atoms with Gasteiger partial charge in [-0.25, -0.2) is 8.42 Å². The molecule has 9 nitrogen and oxygen atoms in total.